The Labute approximate surface area is 91.7 Å². The zero-order chi connectivity index (χ0) is 11.6. The first-order valence-electron chi connectivity index (χ1n) is 4.96. The van der Waals surface area contributed by atoms with Gasteiger partial charge in [-0.1, -0.05) is 0 Å². The average molecular weight is 211 g/mol. The Bertz CT molecular complexity index is 267. The predicted octanol–water partition coefficient (Wildman–Crippen LogP) is 0.205. The van der Waals surface area contributed by atoms with Crippen LogP contribution in [0.2, 0.25) is 0 Å². The molecule has 1 N–H and O–H groups in total. The summed E-state index contributed by atoms with van der Waals surface area (Å²) in [6, 6.07) is 0. The molecule has 15 heavy (non-hydrogen) atoms. The third kappa shape index (κ3) is 1.78. The van der Waals surface area contributed by atoms with Crippen LogP contribution in [0.4, 0.5) is 0 Å². The maximum absolute atomic E-state index is 4.37. The number of nitrogens with one attached hydrogen (secondary N) is 1. The first-order chi connectivity index (χ1) is 6.94. The minimum Gasteiger partial charge on any atom is -0.345 e. The molecule has 0 spiro atoms. The molecule has 0 aromatic carbocycles. The first-order valence-corrected chi connectivity index (χ1v) is 4.96. The number of aromatic amines is 1. The molecular formula is C10H21N5. The van der Waals surface area contributed by atoms with Gasteiger partial charge in [0.2, 0.25) is 0 Å². The minimum absolute atomic E-state index is 0.344. The molecule has 0 bridgehead atoms. The fraction of sp³-hybridized carbons (Fsp3) is 0.700. The van der Waals surface area contributed by atoms with E-state index in [1.807, 2.05) is 48.5 Å². The molecule has 0 saturated carbocycles. The van der Waals surface area contributed by atoms with Crippen LogP contribution >= 0.6 is 0 Å². The third-order valence-corrected chi connectivity index (χ3v) is 2.69. The SMILES string of the molecule is CN(C)C(c1ncc[nH]1)(N(C)C)N(C)C. The van der Waals surface area contributed by atoms with Crippen LogP contribution in [0, 0.1) is 0 Å². The summed E-state index contributed by atoms with van der Waals surface area (Å²) in [5.41, 5.74) is 0. The second-order valence-electron chi connectivity index (χ2n) is 4.26. The third-order valence-electron chi connectivity index (χ3n) is 2.69. The normalized spacial score (nSPS) is 13.1. The Balaban J connectivity index is 3.27. The van der Waals surface area contributed by atoms with E-state index in [-0.39, 0.29) is 5.79 Å². The first kappa shape index (κ1) is 12.2. The molecule has 0 atom stereocenters. The Morgan fingerprint density at radius 3 is 1.73 bits per heavy atom. The smallest absolute Gasteiger partial charge is 0.190 e. The standard InChI is InChI=1S/C10H21N5/c1-13(2)10(14(3)4,15(5)6)9-11-7-8-12-9/h7-8H,1-6H3,(H,11,12). The lowest BCUT2D eigenvalue weighted by atomic mass is 10.2. The van der Waals surface area contributed by atoms with Gasteiger partial charge in [0.05, 0.1) is 0 Å². The Hall–Kier alpha value is -0.910. The van der Waals surface area contributed by atoms with Gasteiger partial charge in [-0.3, -0.25) is 14.7 Å². The Morgan fingerprint density at radius 1 is 1.00 bits per heavy atom. The van der Waals surface area contributed by atoms with E-state index < -0.39 is 0 Å². The fourth-order valence-electron chi connectivity index (χ4n) is 2.28. The lowest BCUT2D eigenvalue weighted by molar-refractivity contribution is -0.122. The summed E-state index contributed by atoms with van der Waals surface area (Å²) in [5, 5.41) is 0. The zero-order valence-electron chi connectivity index (χ0n) is 10.4. The molecule has 1 aromatic rings. The highest BCUT2D eigenvalue weighted by Crippen LogP contribution is 2.27. The molecule has 86 valence electrons. The highest BCUT2D eigenvalue weighted by Gasteiger charge is 2.42. The van der Waals surface area contributed by atoms with Crippen molar-refractivity contribution in [1.29, 1.82) is 0 Å². The molecule has 1 heterocycles. The summed E-state index contributed by atoms with van der Waals surface area (Å²) < 4.78 is 0. The predicted molar refractivity (Wildman–Crippen MR) is 61.3 cm³/mol. The lowest BCUT2D eigenvalue weighted by Gasteiger charge is -2.47. The molecule has 0 aliphatic carbocycles. The monoisotopic (exact) mass is 211 g/mol. The van der Waals surface area contributed by atoms with Crippen LogP contribution in [-0.2, 0) is 5.79 Å². The summed E-state index contributed by atoms with van der Waals surface area (Å²) in [5.74, 6) is 0.575. The van der Waals surface area contributed by atoms with Crippen LogP contribution in [-0.4, -0.2) is 67.0 Å². The van der Waals surface area contributed by atoms with Gasteiger partial charge in [0, 0.05) is 12.4 Å². The molecule has 5 nitrogen and oxygen atoms in total. The summed E-state index contributed by atoms with van der Waals surface area (Å²) in [6.07, 6.45) is 3.63. The Morgan fingerprint density at radius 2 is 1.47 bits per heavy atom. The molecule has 0 radical (unpaired) electrons. The lowest BCUT2D eigenvalue weighted by Crippen LogP contribution is -2.61. The van der Waals surface area contributed by atoms with Crippen LogP contribution < -0.4 is 0 Å². The number of nitrogens with zero attached hydrogens (tertiary/aromatic N) is 4. The quantitative estimate of drug-likeness (QED) is 0.722. The van der Waals surface area contributed by atoms with E-state index in [9.17, 15) is 0 Å². The van der Waals surface area contributed by atoms with Crippen molar-refractivity contribution in [3.8, 4) is 0 Å². The van der Waals surface area contributed by atoms with Gasteiger partial charge in [0.1, 0.15) is 0 Å². The number of imidazole rings is 1. The summed E-state index contributed by atoms with van der Waals surface area (Å²) >= 11 is 0. The summed E-state index contributed by atoms with van der Waals surface area (Å²) in [4.78, 5) is 14.0. The topological polar surface area (TPSA) is 38.4 Å². The van der Waals surface area contributed by atoms with Gasteiger partial charge in [0.15, 0.2) is 11.6 Å². The van der Waals surface area contributed by atoms with Crippen LogP contribution in [0.25, 0.3) is 0 Å². The van der Waals surface area contributed by atoms with Gasteiger partial charge in [-0.25, -0.2) is 4.98 Å². The van der Waals surface area contributed by atoms with Crippen molar-refractivity contribution in [1.82, 2.24) is 24.7 Å². The highest BCUT2D eigenvalue weighted by atomic mass is 15.5. The molecule has 5 heteroatoms. The van der Waals surface area contributed by atoms with Crippen LogP contribution in [0.15, 0.2) is 12.4 Å². The van der Waals surface area contributed by atoms with Gasteiger partial charge < -0.3 is 4.98 Å². The van der Waals surface area contributed by atoms with Crippen molar-refractivity contribution in [3.63, 3.8) is 0 Å². The van der Waals surface area contributed by atoms with Crippen molar-refractivity contribution in [2.24, 2.45) is 0 Å². The van der Waals surface area contributed by atoms with Crippen LogP contribution in [0.5, 0.6) is 0 Å². The maximum atomic E-state index is 4.37. The molecule has 1 rings (SSSR count). The van der Waals surface area contributed by atoms with Crippen LogP contribution in [0.3, 0.4) is 0 Å². The molecule has 1 aromatic heterocycles. The second kappa shape index (κ2) is 4.30. The highest BCUT2D eigenvalue weighted by molar-refractivity contribution is 5.03. The largest absolute Gasteiger partial charge is 0.345 e. The van der Waals surface area contributed by atoms with Gasteiger partial charge in [-0.2, -0.15) is 0 Å². The number of H-pyrrole nitrogens is 1. The molecule has 0 saturated heterocycles. The van der Waals surface area contributed by atoms with E-state index in [2.05, 4.69) is 24.7 Å². The van der Waals surface area contributed by atoms with Crippen molar-refractivity contribution < 1.29 is 0 Å². The molecule has 0 fully saturated rings. The summed E-state index contributed by atoms with van der Waals surface area (Å²) in [6.45, 7) is 0. The van der Waals surface area contributed by atoms with Crippen molar-refractivity contribution in [3.05, 3.63) is 18.2 Å². The van der Waals surface area contributed by atoms with E-state index in [4.69, 9.17) is 0 Å². The van der Waals surface area contributed by atoms with E-state index in [1.54, 1.807) is 6.20 Å². The van der Waals surface area contributed by atoms with Gasteiger partial charge in [-0.05, 0) is 42.3 Å². The maximum Gasteiger partial charge on any atom is 0.190 e. The average Bonchev–Trinajstić information content (AvgIpc) is 2.55. The molecule has 0 aliphatic heterocycles. The van der Waals surface area contributed by atoms with E-state index in [1.165, 1.54) is 0 Å². The number of rotatable bonds is 4. The number of aromatic nitrogens is 2. The second-order valence-corrected chi connectivity index (χ2v) is 4.26. The van der Waals surface area contributed by atoms with Gasteiger partial charge in [-0.15, -0.1) is 0 Å². The minimum atomic E-state index is -0.344. The van der Waals surface area contributed by atoms with Gasteiger partial charge in [0.25, 0.3) is 0 Å². The number of hydrogen-bond donors (Lipinski definition) is 1. The Kier molecular flexibility index (Phi) is 3.49. The van der Waals surface area contributed by atoms with Crippen molar-refractivity contribution in [2.75, 3.05) is 42.3 Å². The van der Waals surface area contributed by atoms with Gasteiger partial charge >= 0.3 is 0 Å². The number of hydrogen-bond acceptors (Lipinski definition) is 4. The van der Waals surface area contributed by atoms with E-state index in [0.717, 1.165) is 5.82 Å². The molecular weight excluding hydrogens is 190 g/mol. The van der Waals surface area contributed by atoms with Crippen molar-refractivity contribution >= 4 is 0 Å². The summed E-state index contributed by atoms with van der Waals surface area (Å²) in [7, 11) is 12.3. The zero-order valence-corrected chi connectivity index (χ0v) is 10.4. The van der Waals surface area contributed by atoms with Crippen molar-refractivity contribution in [2.45, 2.75) is 5.79 Å². The molecule has 0 amide bonds. The van der Waals surface area contributed by atoms with Crippen LogP contribution in [0.1, 0.15) is 5.82 Å². The molecule has 0 aliphatic rings. The van der Waals surface area contributed by atoms with E-state index in [0.29, 0.717) is 0 Å². The van der Waals surface area contributed by atoms with E-state index >= 15 is 0 Å². The molecule has 0 unspecified atom stereocenters. The fourth-order valence-corrected chi connectivity index (χ4v) is 2.28.